The number of aromatic amines is 1. The van der Waals surface area contributed by atoms with Crippen molar-refractivity contribution in [2.24, 2.45) is 0 Å². The lowest BCUT2D eigenvalue weighted by atomic mass is 10.3. The van der Waals surface area contributed by atoms with Crippen LogP contribution in [0.25, 0.3) is 11.2 Å². The number of aryl methyl sites for hydroxylation is 1. The van der Waals surface area contributed by atoms with Crippen LogP contribution in [0.4, 0.5) is 0 Å². The molecule has 3 heteroatoms. The second-order valence-electron chi connectivity index (χ2n) is 2.43. The van der Waals surface area contributed by atoms with Crippen LogP contribution in [-0.2, 0) is 6.42 Å². The van der Waals surface area contributed by atoms with Crippen molar-refractivity contribution in [2.75, 3.05) is 0 Å². The van der Waals surface area contributed by atoms with Crippen molar-refractivity contribution in [1.82, 2.24) is 15.0 Å². The maximum atomic E-state index is 4.36. The van der Waals surface area contributed by atoms with Gasteiger partial charge >= 0.3 is 0 Å². The van der Waals surface area contributed by atoms with Crippen molar-refractivity contribution < 1.29 is 0 Å². The van der Waals surface area contributed by atoms with Crippen LogP contribution < -0.4 is 0 Å². The molecule has 3 nitrogen and oxygen atoms in total. The van der Waals surface area contributed by atoms with E-state index < -0.39 is 0 Å². The minimum atomic E-state index is 0.863. The van der Waals surface area contributed by atoms with Crippen LogP contribution in [0, 0.1) is 0 Å². The van der Waals surface area contributed by atoms with Gasteiger partial charge in [0.15, 0.2) is 5.65 Å². The van der Waals surface area contributed by atoms with Gasteiger partial charge in [0.2, 0.25) is 0 Å². The zero-order valence-electron chi connectivity index (χ0n) is 6.33. The summed E-state index contributed by atoms with van der Waals surface area (Å²) in [5.74, 6) is 0. The Morgan fingerprint density at radius 3 is 3.27 bits per heavy atom. The van der Waals surface area contributed by atoms with Crippen molar-refractivity contribution in [3.05, 3.63) is 24.2 Å². The summed E-state index contributed by atoms with van der Waals surface area (Å²) in [7, 11) is 0. The van der Waals surface area contributed by atoms with Gasteiger partial charge in [0.1, 0.15) is 5.52 Å². The van der Waals surface area contributed by atoms with E-state index in [1.165, 1.54) is 0 Å². The molecule has 0 saturated carbocycles. The molecule has 2 aromatic rings. The van der Waals surface area contributed by atoms with Gasteiger partial charge in [-0.3, -0.25) is 0 Å². The highest BCUT2D eigenvalue weighted by Gasteiger charge is 1.96. The van der Waals surface area contributed by atoms with E-state index in [0.29, 0.717) is 0 Å². The van der Waals surface area contributed by atoms with E-state index in [1.807, 2.05) is 12.3 Å². The maximum Gasteiger partial charge on any atom is 0.155 e. The summed E-state index contributed by atoms with van der Waals surface area (Å²) < 4.78 is 0. The lowest BCUT2D eigenvalue weighted by Crippen LogP contribution is -1.88. The van der Waals surface area contributed by atoms with E-state index in [-0.39, 0.29) is 0 Å². The molecule has 0 aliphatic heterocycles. The molecular formula is C8H9N3. The van der Waals surface area contributed by atoms with Crippen LogP contribution >= 0.6 is 0 Å². The fourth-order valence-corrected chi connectivity index (χ4v) is 1.04. The molecule has 2 heterocycles. The van der Waals surface area contributed by atoms with Crippen LogP contribution in [-0.4, -0.2) is 15.0 Å². The van der Waals surface area contributed by atoms with E-state index in [2.05, 4.69) is 21.9 Å². The topological polar surface area (TPSA) is 41.6 Å². The molecule has 0 bridgehead atoms. The van der Waals surface area contributed by atoms with Gasteiger partial charge in [-0.1, -0.05) is 6.92 Å². The first-order valence-electron chi connectivity index (χ1n) is 3.69. The fourth-order valence-electron chi connectivity index (χ4n) is 1.04. The minimum Gasteiger partial charge on any atom is -0.345 e. The molecule has 0 spiro atoms. The number of fused-ring (bicyclic) bond motifs is 1. The van der Waals surface area contributed by atoms with E-state index in [1.54, 1.807) is 6.20 Å². The predicted octanol–water partition coefficient (Wildman–Crippen LogP) is 1.52. The lowest BCUT2D eigenvalue weighted by Gasteiger charge is -1.93. The number of nitrogens with zero attached hydrogens (tertiary/aromatic N) is 2. The average molecular weight is 147 g/mol. The largest absolute Gasteiger partial charge is 0.345 e. The fraction of sp³-hybridized carbons (Fsp3) is 0.250. The van der Waals surface area contributed by atoms with Crippen LogP contribution in [0.5, 0.6) is 0 Å². The zero-order valence-corrected chi connectivity index (χ0v) is 6.33. The summed E-state index contributed by atoms with van der Waals surface area (Å²) in [4.78, 5) is 11.6. The molecule has 11 heavy (non-hydrogen) atoms. The summed E-state index contributed by atoms with van der Waals surface area (Å²) in [6.45, 7) is 2.07. The smallest absolute Gasteiger partial charge is 0.155 e. The number of hydrogen-bond donors (Lipinski definition) is 1. The van der Waals surface area contributed by atoms with Gasteiger partial charge in [-0.15, -0.1) is 0 Å². The molecular weight excluding hydrogens is 138 g/mol. The van der Waals surface area contributed by atoms with Crippen molar-refractivity contribution in [3.8, 4) is 0 Å². The quantitative estimate of drug-likeness (QED) is 0.664. The molecule has 0 aromatic carbocycles. The summed E-state index contributed by atoms with van der Waals surface area (Å²) in [6, 6.07) is 1.93. The van der Waals surface area contributed by atoms with Gasteiger partial charge in [-0.2, -0.15) is 0 Å². The number of hydrogen-bond acceptors (Lipinski definition) is 2. The molecule has 0 atom stereocenters. The average Bonchev–Trinajstić information content (AvgIpc) is 2.50. The Balaban J connectivity index is 2.67. The first kappa shape index (κ1) is 6.34. The number of H-pyrrole nitrogens is 1. The highest BCUT2D eigenvalue weighted by molar-refractivity contribution is 5.69. The Morgan fingerprint density at radius 2 is 2.45 bits per heavy atom. The van der Waals surface area contributed by atoms with Gasteiger partial charge in [0.05, 0.1) is 11.9 Å². The van der Waals surface area contributed by atoms with Crippen molar-refractivity contribution in [1.29, 1.82) is 0 Å². The zero-order chi connectivity index (χ0) is 7.68. The molecule has 0 aliphatic rings. The molecule has 56 valence electrons. The predicted molar refractivity (Wildman–Crippen MR) is 43.3 cm³/mol. The van der Waals surface area contributed by atoms with Crippen LogP contribution in [0.3, 0.4) is 0 Å². The second kappa shape index (κ2) is 2.34. The Hall–Kier alpha value is -1.38. The van der Waals surface area contributed by atoms with Crippen LogP contribution in [0.2, 0.25) is 0 Å². The van der Waals surface area contributed by atoms with Gasteiger partial charge in [-0.25, -0.2) is 9.97 Å². The monoisotopic (exact) mass is 147 g/mol. The van der Waals surface area contributed by atoms with Gasteiger partial charge in [-0.05, 0) is 12.5 Å². The van der Waals surface area contributed by atoms with Crippen LogP contribution in [0.1, 0.15) is 12.6 Å². The van der Waals surface area contributed by atoms with Crippen molar-refractivity contribution >= 4 is 11.2 Å². The number of nitrogens with one attached hydrogen (secondary N) is 1. The third kappa shape index (κ3) is 0.981. The van der Waals surface area contributed by atoms with Crippen LogP contribution in [0.15, 0.2) is 18.5 Å². The highest BCUT2D eigenvalue weighted by Crippen LogP contribution is 2.06. The van der Waals surface area contributed by atoms with Crippen molar-refractivity contribution in [3.63, 3.8) is 0 Å². The molecule has 0 saturated heterocycles. The Bertz CT molecular complexity index is 364. The molecule has 0 radical (unpaired) electrons. The number of rotatable bonds is 1. The van der Waals surface area contributed by atoms with Gasteiger partial charge < -0.3 is 4.98 Å². The molecule has 2 rings (SSSR count). The summed E-state index contributed by atoms with van der Waals surface area (Å²) in [5.41, 5.74) is 2.85. The van der Waals surface area contributed by atoms with Crippen molar-refractivity contribution in [2.45, 2.75) is 13.3 Å². The molecule has 0 amide bonds. The van der Waals surface area contributed by atoms with Gasteiger partial charge in [0.25, 0.3) is 0 Å². The van der Waals surface area contributed by atoms with E-state index in [0.717, 1.165) is 23.3 Å². The first-order valence-corrected chi connectivity index (χ1v) is 3.69. The molecule has 0 fully saturated rings. The highest BCUT2D eigenvalue weighted by atomic mass is 14.9. The summed E-state index contributed by atoms with van der Waals surface area (Å²) in [6.07, 6.45) is 4.59. The first-order chi connectivity index (χ1) is 5.40. The van der Waals surface area contributed by atoms with E-state index in [9.17, 15) is 0 Å². The standard InChI is InChI=1S/C8H9N3/c1-2-6-5-10-8-7(11-6)3-4-9-8/h3-5H,2H2,1H3,(H,9,10). The van der Waals surface area contributed by atoms with E-state index in [4.69, 9.17) is 0 Å². The molecule has 1 N–H and O–H groups in total. The third-order valence-electron chi connectivity index (χ3n) is 1.67. The van der Waals surface area contributed by atoms with Gasteiger partial charge in [0, 0.05) is 6.20 Å². The molecule has 2 aromatic heterocycles. The minimum absolute atomic E-state index is 0.863. The lowest BCUT2D eigenvalue weighted by molar-refractivity contribution is 1.03. The Morgan fingerprint density at radius 1 is 1.55 bits per heavy atom. The third-order valence-corrected chi connectivity index (χ3v) is 1.67. The molecule has 0 aliphatic carbocycles. The maximum absolute atomic E-state index is 4.36. The normalized spacial score (nSPS) is 10.6. The SMILES string of the molecule is CCc1cnc2[nH]ccc2n1. The van der Waals surface area contributed by atoms with E-state index >= 15 is 0 Å². The number of aromatic nitrogens is 3. The Labute approximate surface area is 64.5 Å². The summed E-state index contributed by atoms with van der Waals surface area (Å²) >= 11 is 0. The summed E-state index contributed by atoms with van der Waals surface area (Å²) in [5, 5.41) is 0. The Kier molecular flexibility index (Phi) is 1.35. The molecule has 0 unspecified atom stereocenters. The second-order valence-corrected chi connectivity index (χ2v) is 2.43.